The second kappa shape index (κ2) is 5.47. The number of benzene rings is 2. The third-order valence-electron chi connectivity index (χ3n) is 3.52. The van der Waals surface area contributed by atoms with Crippen LogP contribution >= 0.6 is 11.3 Å². The molecule has 21 heavy (non-hydrogen) atoms. The number of nitrogens with zero attached hydrogens (tertiary/aromatic N) is 1. The van der Waals surface area contributed by atoms with E-state index in [4.69, 9.17) is 4.74 Å². The zero-order valence-corrected chi connectivity index (χ0v) is 12.9. The summed E-state index contributed by atoms with van der Waals surface area (Å²) in [6, 6.07) is 15.6. The van der Waals surface area contributed by atoms with Gasteiger partial charge in [-0.2, -0.15) is 0 Å². The molecule has 0 saturated heterocycles. The van der Waals surface area contributed by atoms with E-state index in [1.165, 1.54) is 0 Å². The normalized spacial score (nSPS) is 14.0. The van der Waals surface area contributed by atoms with Crippen LogP contribution in [0.25, 0.3) is 10.2 Å². The molecular formula is C17H17NO2S. The highest BCUT2D eigenvalue weighted by atomic mass is 32.1. The molecule has 3 aromatic rings. The molecule has 2 aromatic carbocycles. The fourth-order valence-electron chi connectivity index (χ4n) is 2.47. The standard InChI is InChI=1S/C17H17NO2S/c1-17(19,12-7-3-5-9-14(12)20-2)11-16-18-13-8-4-6-10-15(13)21-16/h3-10,19H,11H2,1-2H3. The average molecular weight is 299 g/mol. The summed E-state index contributed by atoms with van der Waals surface area (Å²) in [4.78, 5) is 4.60. The van der Waals surface area contributed by atoms with Gasteiger partial charge in [0.1, 0.15) is 5.75 Å². The summed E-state index contributed by atoms with van der Waals surface area (Å²) < 4.78 is 6.49. The molecule has 1 N–H and O–H groups in total. The van der Waals surface area contributed by atoms with E-state index in [9.17, 15) is 5.11 Å². The largest absolute Gasteiger partial charge is 0.496 e. The van der Waals surface area contributed by atoms with Crippen molar-refractivity contribution in [2.75, 3.05) is 7.11 Å². The summed E-state index contributed by atoms with van der Waals surface area (Å²) >= 11 is 1.62. The summed E-state index contributed by atoms with van der Waals surface area (Å²) in [5.74, 6) is 0.698. The van der Waals surface area contributed by atoms with Crippen LogP contribution in [0.15, 0.2) is 48.5 Å². The van der Waals surface area contributed by atoms with Crippen LogP contribution in [0.2, 0.25) is 0 Å². The molecule has 0 saturated carbocycles. The number of hydrogen-bond acceptors (Lipinski definition) is 4. The summed E-state index contributed by atoms with van der Waals surface area (Å²) in [7, 11) is 1.62. The molecule has 1 unspecified atom stereocenters. The number of rotatable bonds is 4. The monoisotopic (exact) mass is 299 g/mol. The molecule has 108 valence electrons. The minimum Gasteiger partial charge on any atom is -0.496 e. The average Bonchev–Trinajstić information content (AvgIpc) is 2.88. The Morgan fingerprint density at radius 1 is 1.14 bits per heavy atom. The molecule has 3 nitrogen and oxygen atoms in total. The summed E-state index contributed by atoms with van der Waals surface area (Å²) in [5.41, 5.74) is 0.751. The van der Waals surface area contributed by atoms with Crippen LogP contribution in [-0.4, -0.2) is 17.2 Å². The highest BCUT2D eigenvalue weighted by Gasteiger charge is 2.28. The number of fused-ring (bicyclic) bond motifs is 1. The lowest BCUT2D eigenvalue weighted by atomic mass is 9.92. The SMILES string of the molecule is COc1ccccc1C(C)(O)Cc1nc2ccccc2s1. The Balaban J connectivity index is 1.95. The van der Waals surface area contributed by atoms with Crippen LogP contribution in [0.3, 0.4) is 0 Å². The highest BCUT2D eigenvalue weighted by Crippen LogP contribution is 2.34. The van der Waals surface area contributed by atoms with E-state index < -0.39 is 5.60 Å². The predicted molar refractivity (Wildman–Crippen MR) is 85.9 cm³/mol. The van der Waals surface area contributed by atoms with Crippen molar-refractivity contribution < 1.29 is 9.84 Å². The van der Waals surface area contributed by atoms with Crippen LogP contribution in [0.1, 0.15) is 17.5 Å². The molecule has 0 bridgehead atoms. The first-order chi connectivity index (χ1) is 10.1. The van der Waals surface area contributed by atoms with Gasteiger partial charge in [0.2, 0.25) is 0 Å². The Hall–Kier alpha value is -1.91. The van der Waals surface area contributed by atoms with E-state index in [2.05, 4.69) is 4.98 Å². The van der Waals surface area contributed by atoms with Gasteiger partial charge in [0.05, 0.1) is 27.9 Å². The molecule has 0 aliphatic heterocycles. The molecule has 0 aliphatic carbocycles. The van der Waals surface area contributed by atoms with E-state index >= 15 is 0 Å². The first kappa shape index (κ1) is 14.0. The van der Waals surface area contributed by atoms with Gasteiger partial charge in [-0.1, -0.05) is 30.3 Å². The summed E-state index contributed by atoms with van der Waals surface area (Å²) in [6.07, 6.45) is 0.465. The van der Waals surface area contributed by atoms with Crippen LogP contribution in [0, 0.1) is 0 Å². The Labute approximate surface area is 127 Å². The number of aromatic nitrogens is 1. The molecule has 1 aromatic heterocycles. The van der Waals surface area contributed by atoms with E-state index in [1.807, 2.05) is 48.5 Å². The quantitative estimate of drug-likeness (QED) is 0.797. The lowest BCUT2D eigenvalue weighted by molar-refractivity contribution is 0.0549. The van der Waals surface area contributed by atoms with Crippen LogP contribution in [-0.2, 0) is 12.0 Å². The van der Waals surface area contributed by atoms with Crippen molar-refractivity contribution in [3.8, 4) is 5.75 Å². The molecule has 4 heteroatoms. The van der Waals surface area contributed by atoms with Gasteiger partial charge in [0, 0.05) is 12.0 Å². The van der Waals surface area contributed by atoms with Crippen molar-refractivity contribution in [3.05, 3.63) is 59.1 Å². The van der Waals surface area contributed by atoms with Gasteiger partial charge in [-0.3, -0.25) is 0 Å². The molecule has 0 aliphatic rings. The minimum absolute atomic E-state index is 0.465. The number of hydrogen-bond donors (Lipinski definition) is 1. The van der Waals surface area contributed by atoms with Crippen molar-refractivity contribution in [1.82, 2.24) is 4.98 Å². The van der Waals surface area contributed by atoms with Crippen LogP contribution in [0.4, 0.5) is 0 Å². The van der Waals surface area contributed by atoms with E-state index in [0.717, 1.165) is 20.8 Å². The fourth-order valence-corrected chi connectivity index (χ4v) is 3.59. The minimum atomic E-state index is -1.01. The summed E-state index contributed by atoms with van der Waals surface area (Å²) in [5, 5.41) is 11.8. The van der Waals surface area contributed by atoms with Crippen LogP contribution in [0.5, 0.6) is 5.75 Å². The van der Waals surface area contributed by atoms with Gasteiger partial charge >= 0.3 is 0 Å². The Kier molecular flexibility index (Phi) is 3.66. The topological polar surface area (TPSA) is 42.4 Å². The van der Waals surface area contributed by atoms with E-state index in [1.54, 1.807) is 25.4 Å². The van der Waals surface area contributed by atoms with E-state index in [0.29, 0.717) is 12.2 Å². The van der Waals surface area contributed by atoms with Crippen molar-refractivity contribution in [2.24, 2.45) is 0 Å². The van der Waals surface area contributed by atoms with Gasteiger partial charge in [0.15, 0.2) is 0 Å². The number of thiazole rings is 1. The highest BCUT2D eigenvalue weighted by molar-refractivity contribution is 7.18. The third-order valence-corrected chi connectivity index (χ3v) is 4.56. The smallest absolute Gasteiger partial charge is 0.124 e. The van der Waals surface area contributed by atoms with Crippen molar-refractivity contribution in [3.63, 3.8) is 0 Å². The molecule has 3 rings (SSSR count). The zero-order valence-electron chi connectivity index (χ0n) is 12.0. The number of aliphatic hydroxyl groups is 1. The second-order valence-corrected chi connectivity index (χ2v) is 6.34. The van der Waals surface area contributed by atoms with Gasteiger partial charge in [-0.15, -0.1) is 11.3 Å². The fraction of sp³-hybridized carbons (Fsp3) is 0.235. The molecular weight excluding hydrogens is 282 g/mol. The third kappa shape index (κ3) is 2.77. The van der Waals surface area contributed by atoms with Gasteiger partial charge < -0.3 is 9.84 Å². The molecule has 1 atom stereocenters. The van der Waals surface area contributed by atoms with Crippen molar-refractivity contribution in [2.45, 2.75) is 18.9 Å². The summed E-state index contributed by atoms with van der Waals surface area (Å²) in [6.45, 7) is 1.80. The van der Waals surface area contributed by atoms with Crippen molar-refractivity contribution in [1.29, 1.82) is 0 Å². The van der Waals surface area contributed by atoms with Gasteiger partial charge in [0.25, 0.3) is 0 Å². The maximum absolute atomic E-state index is 10.9. The lowest BCUT2D eigenvalue weighted by Crippen LogP contribution is -2.24. The maximum atomic E-state index is 10.9. The maximum Gasteiger partial charge on any atom is 0.124 e. The second-order valence-electron chi connectivity index (χ2n) is 5.23. The first-order valence-corrected chi connectivity index (χ1v) is 7.62. The predicted octanol–water partition coefficient (Wildman–Crippen LogP) is 3.76. The van der Waals surface area contributed by atoms with Crippen molar-refractivity contribution >= 4 is 21.6 Å². The molecule has 0 radical (unpaired) electrons. The Bertz CT molecular complexity index is 731. The number of methoxy groups -OCH3 is 1. The number of ether oxygens (including phenoxy) is 1. The molecule has 0 spiro atoms. The lowest BCUT2D eigenvalue weighted by Gasteiger charge is -2.24. The Morgan fingerprint density at radius 2 is 1.86 bits per heavy atom. The first-order valence-electron chi connectivity index (χ1n) is 6.80. The van der Waals surface area contributed by atoms with Gasteiger partial charge in [-0.05, 0) is 25.1 Å². The molecule has 1 heterocycles. The Morgan fingerprint density at radius 3 is 2.62 bits per heavy atom. The van der Waals surface area contributed by atoms with Gasteiger partial charge in [-0.25, -0.2) is 4.98 Å². The molecule has 0 amide bonds. The van der Waals surface area contributed by atoms with Crippen LogP contribution < -0.4 is 4.74 Å². The zero-order chi connectivity index (χ0) is 14.9. The van der Waals surface area contributed by atoms with E-state index in [-0.39, 0.29) is 0 Å². The number of para-hydroxylation sites is 2. The molecule has 0 fully saturated rings.